The number of amides is 1. The van der Waals surface area contributed by atoms with Crippen molar-refractivity contribution in [3.63, 3.8) is 0 Å². The highest BCUT2D eigenvalue weighted by molar-refractivity contribution is 7.85. The summed E-state index contributed by atoms with van der Waals surface area (Å²) in [6.45, 7) is 3.96. The van der Waals surface area contributed by atoms with Gasteiger partial charge in [-0.15, -0.1) is 0 Å². The standard InChI is InChI=1S/C22H24N2O4S/c1-2-3-12-23-13-11-18-19-14-17(29(26,27)28)9-10-20(19)24(21(18)22(23)25)15-16-7-5-4-6-8-16/h4-10,14H,2-3,11-13,15H2,1H3,(H,26,27,28). The minimum absolute atomic E-state index is 0.0137. The van der Waals surface area contributed by atoms with Gasteiger partial charge in [0.25, 0.3) is 16.0 Å². The van der Waals surface area contributed by atoms with E-state index in [1.54, 1.807) is 6.07 Å². The van der Waals surface area contributed by atoms with E-state index in [1.165, 1.54) is 12.1 Å². The number of rotatable bonds is 6. The Balaban J connectivity index is 1.89. The van der Waals surface area contributed by atoms with Crippen LogP contribution in [0.1, 0.15) is 41.4 Å². The molecule has 1 aliphatic heterocycles. The maximum atomic E-state index is 13.3. The molecule has 152 valence electrons. The van der Waals surface area contributed by atoms with Gasteiger partial charge >= 0.3 is 0 Å². The van der Waals surface area contributed by atoms with Gasteiger partial charge in [-0.25, -0.2) is 0 Å². The zero-order chi connectivity index (χ0) is 20.6. The molecule has 0 unspecified atom stereocenters. The van der Waals surface area contributed by atoms with E-state index in [4.69, 9.17) is 0 Å². The highest BCUT2D eigenvalue weighted by Crippen LogP contribution is 2.33. The van der Waals surface area contributed by atoms with Gasteiger partial charge in [-0.2, -0.15) is 8.42 Å². The number of benzene rings is 2. The summed E-state index contributed by atoms with van der Waals surface area (Å²) < 4.78 is 34.8. The molecule has 0 saturated heterocycles. The van der Waals surface area contributed by atoms with Crippen molar-refractivity contribution in [2.75, 3.05) is 13.1 Å². The second kappa shape index (κ2) is 7.65. The Morgan fingerprint density at radius 2 is 1.86 bits per heavy atom. The Hall–Kier alpha value is -2.64. The molecule has 6 nitrogen and oxygen atoms in total. The van der Waals surface area contributed by atoms with E-state index in [9.17, 15) is 17.8 Å². The third-order valence-electron chi connectivity index (χ3n) is 5.52. The first-order chi connectivity index (χ1) is 13.9. The number of hydrogen-bond donors (Lipinski definition) is 1. The fourth-order valence-corrected chi connectivity index (χ4v) is 4.56. The zero-order valence-corrected chi connectivity index (χ0v) is 17.2. The number of nitrogens with zero attached hydrogens (tertiary/aromatic N) is 2. The van der Waals surface area contributed by atoms with Crippen molar-refractivity contribution in [3.05, 3.63) is 65.4 Å². The molecule has 0 aliphatic carbocycles. The normalized spacial score (nSPS) is 14.4. The minimum Gasteiger partial charge on any atom is -0.337 e. The van der Waals surface area contributed by atoms with E-state index >= 15 is 0 Å². The van der Waals surface area contributed by atoms with Crippen molar-refractivity contribution in [2.45, 2.75) is 37.6 Å². The second-order valence-corrected chi connectivity index (χ2v) is 8.87. The summed E-state index contributed by atoms with van der Waals surface area (Å²) >= 11 is 0. The molecular formula is C22H24N2O4S. The summed E-state index contributed by atoms with van der Waals surface area (Å²) in [5, 5.41) is 0.717. The lowest BCUT2D eigenvalue weighted by atomic mass is 10.0. The molecular weight excluding hydrogens is 388 g/mol. The van der Waals surface area contributed by atoms with Gasteiger partial charge < -0.3 is 9.47 Å². The van der Waals surface area contributed by atoms with E-state index in [0.717, 1.165) is 41.4 Å². The quantitative estimate of drug-likeness (QED) is 0.626. The Labute approximate surface area is 170 Å². The Morgan fingerprint density at radius 1 is 1.10 bits per heavy atom. The highest BCUT2D eigenvalue weighted by atomic mass is 32.2. The lowest BCUT2D eigenvalue weighted by Crippen LogP contribution is -2.39. The Kier molecular flexibility index (Phi) is 5.19. The van der Waals surface area contributed by atoms with E-state index in [2.05, 4.69) is 6.92 Å². The molecule has 0 atom stereocenters. The van der Waals surface area contributed by atoms with Gasteiger partial charge in [0, 0.05) is 30.5 Å². The molecule has 2 heterocycles. The zero-order valence-electron chi connectivity index (χ0n) is 16.3. The molecule has 3 aromatic rings. The number of hydrogen-bond acceptors (Lipinski definition) is 3. The maximum Gasteiger partial charge on any atom is 0.294 e. The fraction of sp³-hybridized carbons (Fsp3) is 0.318. The molecule has 29 heavy (non-hydrogen) atoms. The van der Waals surface area contributed by atoms with Gasteiger partial charge in [-0.1, -0.05) is 43.7 Å². The van der Waals surface area contributed by atoms with Crippen LogP contribution >= 0.6 is 0 Å². The predicted molar refractivity (Wildman–Crippen MR) is 112 cm³/mol. The van der Waals surface area contributed by atoms with Crippen LogP contribution in [0.4, 0.5) is 0 Å². The van der Waals surface area contributed by atoms with Gasteiger partial charge in [-0.05, 0) is 42.2 Å². The summed E-state index contributed by atoms with van der Waals surface area (Å²) in [6.07, 6.45) is 2.63. The molecule has 1 aliphatic rings. The number of carbonyl (C=O) groups excluding carboxylic acids is 1. The van der Waals surface area contributed by atoms with Gasteiger partial charge in [-0.3, -0.25) is 9.35 Å². The van der Waals surface area contributed by atoms with Crippen LogP contribution in [0.15, 0.2) is 53.4 Å². The van der Waals surface area contributed by atoms with Crippen molar-refractivity contribution in [2.24, 2.45) is 0 Å². The largest absolute Gasteiger partial charge is 0.337 e. The molecule has 1 N–H and O–H groups in total. The first kappa shape index (κ1) is 19.7. The molecule has 0 radical (unpaired) electrons. The smallest absolute Gasteiger partial charge is 0.294 e. The maximum absolute atomic E-state index is 13.3. The van der Waals surface area contributed by atoms with E-state index in [0.29, 0.717) is 25.2 Å². The van der Waals surface area contributed by atoms with E-state index in [-0.39, 0.29) is 10.8 Å². The highest BCUT2D eigenvalue weighted by Gasteiger charge is 2.31. The molecule has 1 amide bonds. The van der Waals surface area contributed by atoms with Gasteiger partial charge in [0.05, 0.1) is 4.90 Å². The van der Waals surface area contributed by atoms with Crippen LogP contribution < -0.4 is 0 Å². The van der Waals surface area contributed by atoms with Gasteiger partial charge in [0.1, 0.15) is 5.69 Å². The van der Waals surface area contributed by atoms with Crippen LogP contribution in [0, 0.1) is 0 Å². The van der Waals surface area contributed by atoms with Crippen molar-refractivity contribution in [1.29, 1.82) is 0 Å². The topological polar surface area (TPSA) is 79.6 Å². The average Bonchev–Trinajstić information content (AvgIpc) is 3.01. The van der Waals surface area contributed by atoms with Crippen LogP contribution in [0.25, 0.3) is 10.9 Å². The number of unbranched alkanes of at least 4 members (excludes halogenated alkanes) is 1. The SMILES string of the molecule is CCCCN1CCc2c(n(Cc3ccccc3)c3ccc(S(=O)(=O)O)cc23)C1=O. The van der Waals surface area contributed by atoms with Crippen molar-refractivity contribution < 1.29 is 17.8 Å². The summed E-state index contributed by atoms with van der Waals surface area (Å²) in [5.41, 5.74) is 3.35. The number of aromatic nitrogens is 1. The molecule has 0 saturated carbocycles. The second-order valence-electron chi connectivity index (χ2n) is 7.45. The first-order valence-electron chi connectivity index (χ1n) is 9.86. The first-order valence-corrected chi connectivity index (χ1v) is 11.3. The van der Waals surface area contributed by atoms with Crippen LogP contribution in [0.3, 0.4) is 0 Å². The van der Waals surface area contributed by atoms with Crippen molar-refractivity contribution in [3.8, 4) is 0 Å². The van der Waals surface area contributed by atoms with Crippen LogP contribution in [0.2, 0.25) is 0 Å². The average molecular weight is 413 g/mol. The minimum atomic E-state index is -4.31. The van der Waals surface area contributed by atoms with Crippen LogP contribution in [0.5, 0.6) is 0 Å². The molecule has 0 bridgehead atoms. The summed E-state index contributed by atoms with van der Waals surface area (Å²) in [6, 6.07) is 14.4. The van der Waals surface area contributed by atoms with Crippen LogP contribution in [-0.4, -0.2) is 41.4 Å². The number of fused-ring (bicyclic) bond motifs is 3. The summed E-state index contributed by atoms with van der Waals surface area (Å²) in [7, 11) is -4.31. The Morgan fingerprint density at radius 3 is 2.55 bits per heavy atom. The van der Waals surface area contributed by atoms with E-state index < -0.39 is 10.1 Å². The summed E-state index contributed by atoms with van der Waals surface area (Å²) in [4.78, 5) is 15.1. The van der Waals surface area contributed by atoms with Gasteiger partial charge in [0.15, 0.2) is 0 Å². The Bertz CT molecular complexity index is 1170. The van der Waals surface area contributed by atoms with Crippen molar-refractivity contribution >= 4 is 26.9 Å². The molecule has 7 heteroatoms. The molecule has 4 rings (SSSR count). The predicted octanol–water partition coefficient (Wildman–Crippen LogP) is 3.73. The third-order valence-corrected chi connectivity index (χ3v) is 6.37. The third kappa shape index (κ3) is 3.68. The molecule has 1 aromatic heterocycles. The summed E-state index contributed by atoms with van der Waals surface area (Å²) in [5.74, 6) is -0.0137. The lowest BCUT2D eigenvalue weighted by Gasteiger charge is -2.28. The fourth-order valence-electron chi connectivity index (χ4n) is 4.05. The van der Waals surface area contributed by atoms with Gasteiger partial charge in [0.2, 0.25) is 0 Å². The monoisotopic (exact) mass is 412 g/mol. The van der Waals surface area contributed by atoms with Crippen LogP contribution in [-0.2, 0) is 23.1 Å². The lowest BCUT2D eigenvalue weighted by molar-refractivity contribution is 0.0727. The molecule has 2 aromatic carbocycles. The number of carbonyl (C=O) groups is 1. The molecule has 0 spiro atoms. The van der Waals surface area contributed by atoms with Crippen molar-refractivity contribution in [1.82, 2.24) is 9.47 Å². The van der Waals surface area contributed by atoms with E-state index in [1.807, 2.05) is 39.8 Å². The molecule has 0 fully saturated rings.